The Bertz CT molecular complexity index is 642. The van der Waals surface area contributed by atoms with E-state index in [4.69, 9.17) is 4.74 Å². The zero-order valence-corrected chi connectivity index (χ0v) is 13.0. The number of ether oxygens (including phenoxy) is 1. The highest BCUT2D eigenvalue weighted by atomic mass is 16.5. The standard InChI is InChI=1S/C18H21N3O2/c22-18(17-6-7-19-20-17)21-10-14-8-16(9-15(14)11-21)23-12-13-4-2-1-3-5-13/h1-7,14-16H,8-12H2,(H,19,20)/t14-,15+,16?. The quantitative estimate of drug-likeness (QED) is 0.943. The van der Waals surface area contributed by atoms with Crippen LogP contribution in [-0.4, -0.2) is 40.2 Å². The van der Waals surface area contributed by atoms with Gasteiger partial charge < -0.3 is 9.64 Å². The molecule has 1 aliphatic carbocycles. The van der Waals surface area contributed by atoms with Gasteiger partial charge in [0.15, 0.2) is 0 Å². The molecule has 3 atom stereocenters. The number of aromatic amines is 1. The summed E-state index contributed by atoms with van der Waals surface area (Å²) in [6, 6.07) is 12.0. The van der Waals surface area contributed by atoms with Crippen LogP contribution in [0.1, 0.15) is 28.9 Å². The van der Waals surface area contributed by atoms with Gasteiger partial charge in [-0.05, 0) is 36.3 Å². The van der Waals surface area contributed by atoms with Crippen molar-refractivity contribution in [1.29, 1.82) is 0 Å². The minimum absolute atomic E-state index is 0.0682. The number of hydrogen-bond donors (Lipinski definition) is 1. The third-order valence-electron chi connectivity index (χ3n) is 5.05. The number of nitrogens with zero attached hydrogens (tertiary/aromatic N) is 2. The van der Waals surface area contributed by atoms with Crippen molar-refractivity contribution in [3.8, 4) is 0 Å². The van der Waals surface area contributed by atoms with E-state index < -0.39 is 0 Å². The third-order valence-corrected chi connectivity index (χ3v) is 5.05. The molecule has 4 rings (SSSR count). The van der Waals surface area contributed by atoms with Gasteiger partial charge in [-0.15, -0.1) is 0 Å². The van der Waals surface area contributed by atoms with Crippen LogP contribution in [0.3, 0.4) is 0 Å². The first-order chi connectivity index (χ1) is 11.3. The summed E-state index contributed by atoms with van der Waals surface area (Å²) in [4.78, 5) is 14.3. The number of H-pyrrole nitrogens is 1. The summed E-state index contributed by atoms with van der Waals surface area (Å²) in [5.41, 5.74) is 1.81. The minimum Gasteiger partial charge on any atom is -0.374 e. The van der Waals surface area contributed by atoms with Crippen LogP contribution in [0.15, 0.2) is 42.6 Å². The molecular formula is C18H21N3O2. The lowest BCUT2D eigenvalue weighted by Gasteiger charge is -2.19. The Kier molecular flexibility index (Phi) is 3.87. The molecule has 1 aromatic carbocycles. The summed E-state index contributed by atoms with van der Waals surface area (Å²) >= 11 is 0. The fourth-order valence-electron chi connectivity index (χ4n) is 3.88. The van der Waals surface area contributed by atoms with Gasteiger partial charge in [-0.3, -0.25) is 9.89 Å². The number of benzene rings is 1. The average molecular weight is 311 g/mol. The molecule has 0 spiro atoms. The van der Waals surface area contributed by atoms with Gasteiger partial charge in [0.2, 0.25) is 0 Å². The second-order valence-electron chi connectivity index (χ2n) is 6.59. The minimum atomic E-state index is 0.0682. The lowest BCUT2D eigenvalue weighted by Crippen LogP contribution is -2.30. The van der Waals surface area contributed by atoms with Crippen molar-refractivity contribution in [2.45, 2.75) is 25.6 Å². The number of carbonyl (C=O) groups is 1. The fourth-order valence-corrected chi connectivity index (χ4v) is 3.88. The maximum Gasteiger partial charge on any atom is 0.271 e. The van der Waals surface area contributed by atoms with E-state index in [-0.39, 0.29) is 5.91 Å². The number of aromatic nitrogens is 2. The maximum absolute atomic E-state index is 12.4. The number of rotatable bonds is 4. The zero-order valence-electron chi connectivity index (χ0n) is 13.0. The zero-order chi connectivity index (χ0) is 15.6. The number of carbonyl (C=O) groups excluding carboxylic acids is 1. The van der Waals surface area contributed by atoms with Crippen LogP contribution in [0.25, 0.3) is 0 Å². The smallest absolute Gasteiger partial charge is 0.271 e. The first-order valence-electron chi connectivity index (χ1n) is 8.24. The predicted octanol–water partition coefficient (Wildman–Crippen LogP) is 2.48. The molecule has 0 bridgehead atoms. The molecular weight excluding hydrogens is 290 g/mol. The molecule has 0 radical (unpaired) electrons. The van der Waals surface area contributed by atoms with Crippen LogP contribution in [0.4, 0.5) is 0 Å². The van der Waals surface area contributed by atoms with Gasteiger partial charge >= 0.3 is 0 Å². The van der Waals surface area contributed by atoms with Crippen molar-refractivity contribution in [2.24, 2.45) is 11.8 Å². The van der Waals surface area contributed by atoms with Crippen LogP contribution in [0.2, 0.25) is 0 Å². The highest BCUT2D eigenvalue weighted by molar-refractivity contribution is 5.92. The van der Waals surface area contributed by atoms with Crippen molar-refractivity contribution in [2.75, 3.05) is 13.1 Å². The number of fused-ring (bicyclic) bond motifs is 1. The Morgan fingerprint density at radius 3 is 2.57 bits per heavy atom. The fraction of sp³-hybridized carbons (Fsp3) is 0.444. The molecule has 5 heteroatoms. The van der Waals surface area contributed by atoms with E-state index in [0.717, 1.165) is 25.9 Å². The largest absolute Gasteiger partial charge is 0.374 e. The Balaban J connectivity index is 1.29. The summed E-state index contributed by atoms with van der Waals surface area (Å²) in [6.45, 7) is 2.36. The van der Waals surface area contributed by atoms with E-state index in [1.807, 2.05) is 23.1 Å². The van der Waals surface area contributed by atoms with Gasteiger partial charge in [-0.1, -0.05) is 30.3 Å². The van der Waals surface area contributed by atoms with Crippen molar-refractivity contribution in [3.05, 3.63) is 53.9 Å². The van der Waals surface area contributed by atoms with Gasteiger partial charge in [0.05, 0.1) is 12.7 Å². The van der Waals surface area contributed by atoms with Crippen LogP contribution in [0, 0.1) is 11.8 Å². The van der Waals surface area contributed by atoms with Gasteiger partial charge in [-0.25, -0.2) is 0 Å². The van der Waals surface area contributed by atoms with Crippen LogP contribution in [0.5, 0.6) is 0 Å². The molecule has 1 aromatic heterocycles. The normalized spacial score (nSPS) is 26.4. The predicted molar refractivity (Wildman–Crippen MR) is 85.7 cm³/mol. The highest BCUT2D eigenvalue weighted by Crippen LogP contribution is 2.40. The molecule has 1 saturated carbocycles. The van der Waals surface area contributed by atoms with Crippen LogP contribution < -0.4 is 0 Å². The third kappa shape index (κ3) is 3.01. The maximum atomic E-state index is 12.4. The molecule has 1 saturated heterocycles. The van der Waals surface area contributed by atoms with E-state index >= 15 is 0 Å². The Morgan fingerprint density at radius 2 is 1.91 bits per heavy atom. The van der Waals surface area contributed by atoms with Gasteiger partial charge in [0.25, 0.3) is 5.91 Å². The van der Waals surface area contributed by atoms with E-state index in [1.165, 1.54) is 5.56 Å². The molecule has 2 fully saturated rings. The van der Waals surface area contributed by atoms with E-state index in [2.05, 4.69) is 22.3 Å². The SMILES string of the molecule is O=C(c1ccn[nH]1)N1C[C@H]2CC(OCc3ccccc3)C[C@H]2C1. The van der Waals surface area contributed by atoms with Crippen LogP contribution in [-0.2, 0) is 11.3 Å². The molecule has 1 unspecified atom stereocenters. The van der Waals surface area contributed by atoms with E-state index in [1.54, 1.807) is 12.3 Å². The van der Waals surface area contributed by atoms with Gasteiger partial charge in [0.1, 0.15) is 5.69 Å². The first kappa shape index (κ1) is 14.5. The Hall–Kier alpha value is -2.14. The number of amides is 1. The van der Waals surface area contributed by atoms with Gasteiger partial charge in [-0.2, -0.15) is 5.10 Å². The molecule has 120 valence electrons. The molecule has 2 heterocycles. The molecule has 2 aliphatic rings. The second-order valence-corrected chi connectivity index (χ2v) is 6.59. The molecule has 5 nitrogen and oxygen atoms in total. The van der Waals surface area contributed by atoms with E-state index in [0.29, 0.717) is 30.2 Å². The summed E-state index contributed by atoms with van der Waals surface area (Å²) in [7, 11) is 0. The first-order valence-corrected chi connectivity index (χ1v) is 8.24. The van der Waals surface area contributed by atoms with Crippen molar-refractivity contribution in [1.82, 2.24) is 15.1 Å². The Morgan fingerprint density at radius 1 is 1.17 bits per heavy atom. The molecule has 1 amide bonds. The lowest BCUT2D eigenvalue weighted by atomic mass is 10.0. The monoisotopic (exact) mass is 311 g/mol. The average Bonchev–Trinajstić information content (AvgIpc) is 3.29. The molecule has 1 aliphatic heterocycles. The van der Waals surface area contributed by atoms with E-state index in [9.17, 15) is 4.79 Å². The summed E-state index contributed by atoms with van der Waals surface area (Å²) in [5, 5.41) is 6.62. The lowest BCUT2D eigenvalue weighted by molar-refractivity contribution is 0.0367. The number of hydrogen-bond acceptors (Lipinski definition) is 3. The number of nitrogens with one attached hydrogen (secondary N) is 1. The summed E-state index contributed by atoms with van der Waals surface area (Å²) in [6.07, 6.45) is 4.07. The van der Waals surface area contributed by atoms with Crippen molar-refractivity contribution in [3.63, 3.8) is 0 Å². The second kappa shape index (κ2) is 6.16. The number of likely N-dealkylation sites (tertiary alicyclic amines) is 1. The molecule has 2 aromatic rings. The molecule has 1 N–H and O–H groups in total. The topological polar surface area (TPSA) is 58.2 Å². The Labute approximate surface area is 135 Å². The van der Waals surface area contributed by atoms with Crippen molar-refractivity contribution < 1.29 is 9.53 Å². The van der Waals surface area contributed by atoms with Crippen molar-refractivity contribution >= 4 is 5.91 Å². The molecule has 23 heavy (non-hydrogen) atoms. The summed E-state index contributed by atoms with van der Waals surface area (Å²) < 4.78 is 6.07. The van der Waals surface area contributed by atoms with Gasteiger partial charge in [0, 0.05) is 19.3 Å². The van der Waals surface area contributed by atoms with Crippen LogP contribution >= 0.6 is 0 Å². The highest BCUT2D eigenvalue weighted by Gasteiger charge is 2.43. The summed E-state index contributed by atoms with van der Waals surface area (Å²) in [5.74, 6) is 1.21.